The van der Waals surface area contributed by atoms with Crippen molar-refractivity contribution in [1.82, 2.24) is 9.55 Å². The number of amides is 1. The maximum atomic E-state index is 11.2. The van der Waals surface area contributed by atoms with Crippen LogP contribution in [0.2, 0.25) is 0 Å². The largest absolute Gasteiger partial charge is 0.394 e. The summed E-state index contributed by atoms with van der Waals surface area (Å²) in [6.07, 6.45) is 0.559. The maximum Gasteiger partial charge on any atom is 0.271 e. The number of aliphatic hydroxyl groups is 2. The first-order valence-corrected chi connectivity index (χ1v) is 5.65. The molecule has 0 fully saturated rings. The fraction of sp³-hybridized carbons (Fsp3) is 0.444. The van der Waals surface area contributed by atoms with Crippen LogP contribution in [0.5, 0.6) is 0 Å². The van der Waals surface area contributed by atoms with Gasteiger partial charge >= 0.3 is 0 Å². The van der Waals surface area contributed by atoms with Gasteiger partial charge in [0, 0.05) is 0 Å². The Morgan fingerprint density at radius 2 is 2.16 bits per heavy atom. The fourth-order valence-electron chi connectivity index (χ4n) is 1.26. The number of aliphatic hydroxyl groups excluding tert-OH is 2. The number of nitrogens with zero attached hydrogens (tertiary/aromatic N) is 2. The molecule has 10 heteroatoms. The Morgan fingerprint density at radius 3 is 2.63 bits per heavy atom. The molecule has 0 aromatic carbocycles. The average Bonchev–Trinajstić information content (AvgIpc) is 2.73. The van der Waals surface area contributed by atoms with E-state index in [0.29, 0.717) is 0 Å². The van der Waals surface area contributed by atoms with Crippen LogP contribution in [0.3, 0.4) is 0 Å². The minimum atomic E-state index is -0.752. The minimum absolute atomic E-state index is 0.0408. The molecule has 0 aliphatic rings. The van der Waals surface area contributed by atoms with Crippen LogP contribution in [0, 0.1) is 0 Å². The first-order chi connectivity index (χ1) is 8.99. The number of nitrogens with one attached hydrogen (secondary N) is 1. The predicted molar refractivity (Wildman–Crippen MR) is 70.2 cm³/mol. The van der Waals surface area contributed by atoms with Gasteiger partial charge in [-0.2, -0.15) is 0 Å². The van der Waals surface area contributed by atoms with Gasteiger partial charge in [-0.3, -0.25) is 9.36 Å². The highest BCUT2D eigenvalue weighted by Gasteiger charge is 2.17. The third-order valence-corrected chi connectivity index (χ3v) is 2.27. The van der Waals surface area contributed by atoms with Crippen molar-refractivity contribution < 1.29 is 19.7 Å². The van der Waals surface area contributed by atoms with Crippen LogP contribution in [0.4, 0.5) is 5.82 Å². The second-order valence-corrected chi connectivity index (χ2v) is 3.99. The predicted octanol–water partition coefficient (Wildman–Crippen LogP) is -2.04. The van der Waals surface area contributed by atoms with E-state index in [4.69, 9.17) is 26.4 Å². The highest BCUT2D eigenvalue weighted by Crippen LogP contribution is 2.14. The molecular formula is C9H15N5O4S. The number of carbonyl (C=O) groups excluding carboxylic acids is 1. The van der Waals surface area contributed by atoms with Crippen LogP contribution >= 0.6 is 12.2 Å². The van der Waals surface area contributed by atoms with E-state index in [2.05, 4.69) is 22.5 Å². The summed E-state index contributed by atoms with van der Waals surface area (Å²) in [6.45, 7) is -0.755. The summed E-state index contributed by atoms with van der Waals surface area (Å²) in [5, 5.41) is 20.2. The molecule has 0 bridgehead atoms. The number of hydrogen-bond acceptors (Lipinski definition) is 6. The molecule has 7 N–H and O–H groups in total. The van der Waals surface area contributed by atoms with E-state index in [0.717, 1.165) is 0 Å². The molecule has 1 aromatic rings. The van der Waals surface area contributed by atoms with E-state index in [1.165, 1.54) is 10.9 Å². The third-order valence-electron chi connectivity index (χ3n) is 2.17. The molecule has 0 atom stereocenters. The topological polar surface area (TPSA) is 149 Å². The number of nitrogens with two attached hydrogens (primary N) is 2. The summed E-state index contributed by atoms with van der Waals surface area (Å²) >= 11 is 4.68. The van der Waals surface area contributed by atoms with Crippen LogP contribution < -0.4 is 16.8 Å². The zero-order valence-electron chi connectivity index (χ0n) is 9.94. The second-order valence-electron chi connectivity index (χ2n) is 3.55. The molecular weight excluding hydrogens is 274 g/mol. The molecule has 1 aromatic heterocycles. The summed E-state index contributed by atoms with van der Waals surface area (Å²) in [5.41, 5.74) is 10.4. The summed E-state index contributed by atoms with van der Waals surface area (Å²) in [7, 11) is 0. The van der Waals surface area contributed by atoms with E-state index >= 15 is 0 Å². The molecule has 0 spiro atoms. The standard InChI is InChI=1S/C9H15N5O4S/c10-7(17)6-8(13-9(11)19)14(3-12-6)4-18-5(1-15)2-16/h3,5,15-16H,1-2,4H2,(H2,10,17)(H3,11,13,19). The van der Waals surface area contributed by atoms with Crippen LogP contribution in [-0.4, -0.2) is 50.1 Å². The Labute approximate surface area is 114 Å². The van der Waals surface area contributed by atoms with Crippen molar-refractivity contribution in [3.63, 3.8) is 0 Å². The Morgan fingerprint density at radius 1 is 1.53 bits per heavy atom. The van der Waals surface area contributed by atoms with Gasteiger partial charge in [0.15, 0.2) is 10.8 Å². The van der Waals surface area contributed by atoms with Gasteiger partial charge in [0.2, 0.25) is 0 Å². The molecule has 19 heavy (non-hydrogen) atoms. The van der Waals surface area contributed by atoms with Crippen LogP contribution in [0.1, 0.15) is 10.5 Å². The number of thiocarbonyl (C=S) groups is 1. The van der Waals surface area contributed by atoms with Crippen LogP contribution in [0.25, 0.3) is 0 Å². The van der Waals surface area contributed by atoms with Gasteiger partial charge in [-0.25, -0.2) is 4.98 Å². The van der Waals surface area contributed by atoms with Crippen LogP contribution in [-0.2, 0) is 11.5 Å². The lowest BCUT2D eigenvalue weighted by Crippen LogP contribution is -2.26. The third kappa shape index (κ3) is 4.13. The Hall–Kier alpha value is -1.75. The Bertz CT molecular complexity index is 459. The number of rotatable bonds is 7. The number of primary amides is 1. The van der Waals surface area contributed by atoms with Gasteiger partial charge in [0.1, 0.15) is 18.7 Å². The zero-order chi connectivity index (χ0) is 14.4. The van der Waals surface area contributed by atoms with Gasteiger partial charge in [-0.15, -0.1) is 0 Å². The van der Waals surface area contributed by atoms with E-state index in [1.54, 1.807) is 0 Å². The summed E-state index contributed by atoms with van der Waals surface area (Å²) < 4.78 is 6.58. The van der Waals surface area contributed by atoms with Gasteiger partial charge < -0.3 is 31.7 Å². The van der Waals surface area contributed by atoms with Gasteiger partial charge in [-0.1, -0.05) is 0 Å². The van der Waals surface area contributed by atoms with Crippen molar-refractivity contribution in [2.75, 3.05) is 18.5 Å². The number of carbonyl (C=O) groups is 1. The molecule has 0 saturated carbocycles. The number of hydrogen-bond donors (Lipinski definition) is 5. The molecule has 1 heterocycles. The van der Waals surface area contributed by atoms with Gasteiger partial charge in [-0.05, 0) is 12.2 Å². The normalized spacial score (nSPS) is 10.7. The van der Waals surface area contributed by atoms with Crippen molar-refractivity contribution in [2.45, 2.75) is 12.8 Å². The quantitative estimate of drug-likeness (QED) is 0.361. The molecule has 1 amide bonds. The summed E-state index contributed by atoms with van der Waals surface area (Å²) in [4.78, 5) is 15.0. The first-order valence-electron chi connectivity index (χ1n) is 5.24. The first kappa shape index (κ1) is 15.3. The lowest BCUT2D eigenvalue weighted by Gasteiger charge is -2.15. The smallest absolute Gasteiger partial charge is 0.271 e. The average molecular weight is 289 g/mol. The fourth-order valence-corrected chi connectivity index (χ4v) is 1.35. The van der Waals surface area contributed by atoms with Gasteiger partial charge in [0.05, 0.1) is 19.5 Å². The lowest BCUT2D eigenvalue weighted by atomic mass is 10.4. The van der Waals surface area contributed by atoms with E-state index in [-0.39, 0.29) is 36.6 Å². The van der Waals surface area contributed by atoms with Crippen molar-refractivity contribution in [2.24, 2.45) is 11.5 Å². The highest BCUT2D eigenvalue weighted by molar-refractivity contribution is 7.80. The number of imidazole rings is 1. The molecule has 0 aliphatic heterocycles. The zero-order valence-corrected chi connectivity index (χ0v) is 10.8. The van der Waals surface area contributed by atoms with E-state index < -0.39 is 12.0 Å². The molecule has 0 aliphatic carbocycles. The van der Waals surface area contributed by atoms with Crippen molar-refractivity contribution in [3.05, 3.63) is 12.0 Å². The molecule has 1 rings (SSSR count). The van der Waals surface area contributed by atoms with Crippen molar-refractivity contribution in [3.8, 4) is 0 Å². The lowest BCUT2D eigenvalue weighted by molar-refractivity contribution is -0.0492. The summed E-state index contributed by atoms with van der Waals surface area (Å²) in [5.74, 6) is -0.562. The maximum absolute atomic E-state index is 11.2. The van der Waals surface area contributed by atoms with E-state index in [1.807, 2.05) is 0 Å². The van der Waals surface area contributed by atoms with Crippen molar-refractivity contribution in [1.29, 1.82) is 0 Å². The summed E-state index contributed by atoms with van der Waals surface area (Å²) in [6, 6.07) is 0. The number of anilines is 1. The highest BCUT2D eigenvalue weighted by atomic mass is 32.1. The van der Waals surface area contributed by atoms with E-state index in [9.17, 15) is 4.79 Å². The second kappa shape index (κ2) is 6.99. The number of ether oxygens (including phenoxy) is 1. The van der Waals surface area contributed by atoms with Crippen molar-refractivity contribution >= 4 is 29.1 Å². The van der Waals surface area contributed by atoms with Gasteiger partial charge in [0.25, 0.3) is 5.91 Å². The van der Waals surface area contributed by atoms with Crippen LogP contribution in [0.15, 0.2) is 6.33 Å². The Balaban J connectivity index is 2.87. The number of aromatic nitrogens is 2. The SMILES string of the molecule is NC(=O)c1ncn(COC(CO)CO)c1NC(N)=S. The molecule has 106 valence electrons. The minimum Gasteiger partial charge on any atom is -0.394 e. The molecule has 0 unspecified atom stereocenters. The molecule has 0 radical (unpaired) electrons. The monoisotopic (exact) mass is 289 g/mol. The molecule has 0 saturated heterocycles. The molecule has 9 nitrogen and oxygen atoms in total. The Kier molecular flexibility index (Phi) is 5.63.